The van der Waals surface area contributed by atoms with E-state index >= 15 is 0 Å². The van der Waals surface area contributed by atoms with Crippen LogP contribution in [0.25, 0.3) is 0 Å². The molecule has 1 aromatic carbocycles. The number of hydrogen-bond acceptors (Lipinski definition) is 2. The van der Waals surface area contributed by atoms with Gasteiger partial charge in [0.15, 0.2) is 0 Å². The highest BCUT2D eigenvalue weighted by Gasteiger charge is 2.13. The Hall–Kier alpha value is -1.35. The van der Waals surface area contributed by atoms with Gasteiger partial charge in [-0.2, -0.15) is 0 Å². The molecule has 0 aliphatic rings. The minimum absolute atomic E-state index is 0.204. The standard InChI is InChI=1S/C14H22N2O/c1-3-5-14(17)16(10-4-2)13-8-6-12(11-15)7-9-13/h6-9H,3-5,10-11,15H2,1-2H3. The first-order chi connectivity index (χ1) is 8.22. The van der Waals surface area contributed by atoms with Crippen molar-refractivity contribution < 1.29 is 4.79 Å². The molecule has 1 amide bonds. The molecule has 0 radical (unpaired) electrons. The molecule has 0 saturated heterocycles. The molecule has 0 atom stereocenters. The molecule has 94 valence electrons. The number of benzene rings is 1. The molecular formula is C14H22N2O. The predicted octanol–water partition coefficient (Wildman–Crippen LogP) is 2.69. The van der Waals surface area contributed by atoms with E-state index in [2.05, 4.69) is 6.92 Å². The molecule has 3 nitrogen and oxygen atoms in total. The van der Waals surface area contributed by atoms with Gasteiger partial charge in [0.25, 0.3) is 0 Å². The van der Waals surface area contributed by atoms with E-state index in [1.54, 1.807) is 0 Å². The van der Waals surface area contributed by atoms with Crippen molar-refractivity contribution in [3.63, 3.8) is 0 Å². The first-order valence-corrected chi connectivity index (χ1v) is 6.32. The Bertz CT molecular complexity index is 346. The van der Waals surface area contributed by atoms with E-state index in [0.717, 1.165) is 30.6 Å². The highest BCUT2D eigenvalue weighted by atomic mass is 16.2. The maximum absolute atomic E-state index is 12.0. The van der Waals surface area contributed by atoms with Gasteiger partial charge in [0.1, 0.15) is 0 Å². The highest BCUT2D eigenvalue weighted by molar-refractivity contribution is 5.93. The normalized spacial score (nSPS) is 10.3. The van der Waals surface area contributed by atoms with Gasteiger partial charge < -0.3 is 10.6 Å². The second kappa shape index (κ2) is 7.07. The number of carbonyl (C=O) groups is 1. The quantitative estimate of drug-likeness (QED) is 0.822. The average molecular weight is 234 g/mol. The second-order valence-corrected chi connectivity index (χ2v) is 4.17. The predicted molar refractivity (Wildman–Crippen MR) is 71.9 cm³/mol. The monoisotopic (exact) mass is 234 g/mol. The first kappa shape index (κ1) is 13.7. The average Bonchev–Trinajstić information content (AvgIpc) is 2.36. The van der Waals surface area contributed by atoms with Crippen molar-refractivity contribution in [3.8, 4) is 0 Å². The molecule has 0 bridgehead atoms. The van der Waals surface area contributed by atoms with Crippen molar-refractivity contribution in [1.82, 2.24) is 0 Å². The summed E-state index contributed by atoms with van der Waals surface area (Å²) in [6.45, 7) is 5.43. The van der Waals surface area contributed by atoms with Crippen LogP contribution in [0.5, 0.6) is 0 Å². The van der Waals surface area contributed by atoms with Gasteiger partial charge in [-0.15, -0.1) is 0 Å². The molecule has 0 aromatic heterocycles. The molecule has 0 aliphatic carbocycles. The van der Waals surface area contributed by atoms with Gasteiger partial charge >= 0.3 is 0 Å². The Kier molecular flexibility index (Phi) is 5.70. The first-order valence-electron chi connectivity index (χ1n) is 6.32. The van der Waals surface area contributed by atoms with E-state index < -0.39 is 0 Å². The van der Waals surface area contributed by atoms with Gasteiger partial charge in [-0.05, 0) is 30.5 Å². The van der Waals surface area contributed by atoms with E-state index in [9.17, 15) is 4.79 Å². The summed E-state index contributed by atoms with van der Waals surface area (Å²) in [5.74, 6) is 0.204. The van der Waals surface area contributed by atoms with Gasteiger partial charge in [0.05, 0.1) is 0 Å². The zero-order chi connectivity index (χ0) is 12.7. The summed E-state index contributed by atoms with van der Waals surface area (Å²) in [5.41, 5.74) is 7.63. The van der Waals surface area contributed by atoms with Crippen LogP contribution >= 0.6 is 0 Å². The number of rotatable bonds is 6. The summed E-state index contributed by atoms with van der Waals surface area (Å²) >= 11 is 0. The fourth-order valence-electron chi connectivity index (χ4n) is 1.78. The molecule has 0 aliphatic heterocycles. The highest BCUT2D eigenvalue weighted by Crippen LogP contribution is 2.17. The Morgan fingerprint density at radius 2 is 1.82 bits per heavy atom. The van der Waals surface area contributed by atoms with Crippen LogP contribution in [0.2, 0.25) is 0 Å². The summed E-state index contributed by atoms with van der Waals surface area (Å²) in [6.07, 6.45) is 2.46. The minimum Gasteiger partial charge on any atom is -0.326 e. The van der Waals surface area contributed by atoms with Gasteiger partial charge in [-0.1, -0.05) is 26.0 Å². The lowest BCUT2D eigenvalue weighted by atomic mass is 10.1. The lowest BCUT2D eigenvalue weighted by molar-refractivity contribution is -0.118. The summed E-state index contributed by atoms with van der Waals surface area (Å²) < 4.78 is 0. The van der Waals surface area contributed by atoms with Crippen LogP contribution in [0.3, 0.4) is 0 Å². The molecule has 17 heavy (non-hydrogen) atoms. The lowest BCUT2D eigenvalue weighted by Gasteiger charge is -2.22. The molecule has 0 heterocycles. The minimum atomic E-state index is 0.204. The largest absolute Gasteiger partial charge is 0.326 e. The van der Waals surface area contributed by atoms with E-state index in [-0.39, 0.29) is 5.91 Å². The second-order valence-electron chi connectivity index (χ2n) is 4.17. The van der Waals surface area contributed by atoms with Gasteiger partial charge in [-0.3, -0.25) is 4.79 Å². The summed E-state index contributed by atoms with van der Waals surface area (Å²) in [7, 11) is 0. The zero-order valence-electron chi connectivity index (χ0n) is 10.8. The third-order valence-corrected chi connectivity index (χ3v) is 2.70. The number of anilines is 1. The Labute approximate surface area is 104 Å². The van der Waals surface area contributed by atoms with Crippen LogP contribution in [-0.4, -0.2) is 12.5 Å². The molecule has 0 fully saturated rings. The molecule has 0 saturated carbocycles. The SMILES string of the molecule is CCCC(=O)N(CCC)c1ccc(CN)cc1. The number of nitrogens with two attached hydrogens (primary N) is 1. The van der Waals surface area contributed by atoms with Crippen molar-refractivity contribution in [2.45, 2.75) is 39.7 Å². The summed E-state index contributed by atoms with van der Waals surface area (Å²) in [4.78, 5) is 13.9. The third kappa shape index (κ3) is 3.86. The van der Waals surface area contributed by atoms with Crippen LogP contribution in [0.4, 0.5) is 5.69 Å². The summed E-state index contributed by atoms with van der Waals surface area (Å²) in [6, 6.07) is 7.92. The number of carbonyl (C=O) groups excluding carboxylic acids is 1. The molecule has 3 heteroatoms. The fourth-order valence-corrected chi connectivity index (χ4v) is 1.78. The molecule has 1 rings (SSSR count). The fraction of sp³-hybridized carbons (Fsp3) is 0.500. The van der Waals surface area contributed by atoms with Gasteiger partial charge in [-0.25, -0.2) is 0 Å². The lowest BCUT2D eigenvalue weighted by Crippen LogP contribution is -2.31. The number of hydrogen-bond donors (Lipinski definition) is 1. The van der Waals surface area contributed by atoms with Crippen LogP contribution in [0.15, 0.2) is 24.3 Å². The Balaban J connectivity index is 2.84. The maximum atomic E-state index is 12.0. The van der Waals surface area contributed by atoms with E-state index in [0.29, 0.717) is 13.0 Å². The Morgan fingerprint density at radius 1 is 1.18 bits per heavy atom. The van der Waals surface area contributed by atoms with Crippen molar-refractivity contribution in [2.75, 3.05) is 11.4 Å². The van der Waals surface area contributed by atoms with Crippen LogP contribution in [0, 0.1) is 0 Å². The molecule has 0 spiro atoms. The van der Waals surface area contributed by atoms with E-state index in [1.165, 1.54) is 0 Å². The maximum Gasteiger partial charge on any atom is 0.226 e. The van der Waals surface area contributed by atoms with Crippen molar-refractivity contribution in [2.24, 2.45) is 5.73 Å². The van der Waals surface area contributed by atoms with Crippen molar-refractivity contribution in [1.29, 1.82) is 0 Å². The molecule has 0 unspecified atom stereocenters. The number of amides is 1. The van der Waals surface area contributed by atoms with Crippen LogP contribution < -0.4 is 10.6 Å². The van der Waals surface area contributed by atoms with Crippen molar-refractivity contribution in [3.05, 3.63) is 29.8 Å². The summed E-state index contributed by atoms with van der Waals surface area (Å²) in [5, 5.41) is 0. The zero-order valence-corrected chi connectivity index (χ0v) is 10.8. The van der Waals surface area contributed by atoms with Crippen LogP contribution in [0.1, 0.15) is 38.7 Å². The van der Waals surface area contributed by atoms with Gasteiger partial charge in [0.2, 0.25) is 5.91 Å². The number of nitrogens with zero attached hydrogens (tertiary/aromatic N) is 1. The van der Waals surface area contributed by atoms with Gasteiger partial charge in [0, 0.05) is 25.2 Å². The molecule has 1 aromatic rings. The van der Waals surface area contributed by atoms with E-state index in [4.69, 9.17) is 5.73 Å². The smallest absolute Gasteiger partial charge is 0.226 e. The topological polar surface area (TPSA) is 46.3 Å². The van der Waals surface area contributed by atoms with Crippen molar-refractivity contribution >= 4 is 11.6 Å². The van der Waals surface area contributed by atoms with E-state index in [1.807, 2.05) is 36.1 Å². The molecule has 2 N–H and O–H groups in total. The molecular weight excluding hydrogens is 212 g/mol. The third-order valence-electron chi connectivity index (χ3n) is 2.70. The Morgan fingerprint density at radius 3 is 2.29 bits per heavy atom. The van der Waals surface area contributed by atoms with Crippen LogP contribution in [-0.2, 0) is 11.3 Å².